The molecule has 3 N–H and O–H groups in total. The van der Waals surface area contributed by atoms with Crippen LogP contribution in [0.4, 0.5) is 0 Å². The molecule has 0 aromatic carbocycles. The van der Waals surface area contributed by atoms with Crippen molar-refractivity contribution in [2.45, 2.75) is 431 Å². The zero-order valence-electron chi connectivity index (χ0n) is 53.9. The van der Waals surface area contributed by atoms with Crippen molar-refractivity contribution in [1.29, 1.82) is 0 Å². The molecule has 0 spiro atoms. The molecule has 6 heteroatoms. The zero-order valence-corrected chi connectivity index (χ0v) is 53.9. The number of carbonyl (C=O) groups excluding carboxylic acids is 2. The maximum Gasteiger partial charge on any atom is 0.305 e. The maximum atomic E-state index is 12.5. The SMILES string of the molecule is CCCCCCCCCCCC/C=C/C(O)C(CO)NC(=O)CCCCCCCCCCCCCCCCCCCCCCCCCCCCCCCCCCCCCOC(=O)CCCCCCCCCCCCCCCCC. The van der Waals surface area contributed by atoms with E-state index in [1.54, 1.807) is 6.08 Å². The molecule has 79 heavy (non-hydrogen) atoms. The molecule has 0 bridgehead atoms. The summed E-state index contributed by atoms with van der Waals surface area (Å²) in [6.07, 6.45) is 86.1. The monoisotopic (exact) mass is 1110 g/mol. The second kappa shape index (κ2) is 69.1. The lowest BCUT2D eigenvalue weighted by molar-refractivity contribution is -0.143. The van der Waals surface area contributed by atoms with Crippen LogP contribution in [0.15, 0.2) is 12.2 Å². The minimum absolute atomic E-state index is 0.0261. The van der Waals surface area contributed by atoms with Gasteiger partial charge >= 0.3 is 5.97 Å². The Morgan fingerprint density at radius 1 is 0.342 bits per heavy atom. The molecule has 0 aromatic heterocycles. The van der Waals surface area contributed by atoms with Crippen molar-refractivity contribution in [2.24, 2.45) is 0 Å². The van der Waals surface area contributed by atoms with Crippen molar-refractivity contribution < 1.29 is 24.5 Å². The Morgan fingerprint density at radius 3 is 0.861 bits per heavy atom. The number of carbonyl (C=O) groups is 2. The van der Waals surface area contributed by atoms with Crippen LogP contribution in [0.5, 0.6) is 0 Å². The molecule has 0 aliphatic heterocycles. The van der Waals surface area contributed by atoms with Crippen LogP contribution in [0.25, 0.3) is 0 Å². The van der Waals surface area contributed by atoms with Crippen molar-refractivity contribution in [1.82, 2.24) is 5.32 Å². The number of ether oxygens (including phenoxy) is 1. The average molecular weight is 1110 g/mol. The standard InChI is InChI=1S/C73H143NO5/c1-3-5-7-9-11-13-15-17-39-43-47-51-55-59-63-67-73(78)79-68-64-60-56-52-48-44-41-38-36-34-32-30-28-26-24-22-20-18-19-21-23-25-27-29-31-33-35-37-40-42-46-50-54-58-62-66-72(77)74-70(69-75)71(76)65-61-57-53-49-45-16-14-12-10-8-6-4-2/h61,65,70-71,75-76H,3-60,62-64,66-69H2,1-2H3,(H,74,77)/b65-61+. The number of aliphatic hydroxyl groups excluding tert-OH is 2. The summed E-state index contributed by atoms with van der Waals surface area (Å²) in [6.45, 7) is 4.94. The lowest BCUT2D eigenvalue weighted by Crippen LogP contribution is -2.45. The highest BCUT2D eigenvalue weighted by Gasteiger charge is 2.18. The topological polar surface area (TPSA) is 95.9 Å². The number of esters is 1. The van der Waals surface area contributed by atoms with Gasteiger partial charge < -0.3 is 20.3 Å². The normalized spacial score (nSPS) is 12.5. The summed E-state index contributed by atoms with van der Waals surface area (Å²) >= 11 is 0. The summed E-state index contributed by atoms with van der Waals surface area (Å²) in [5.74, 6) is -0.0350. The minimum atomic E-state index is -0.839. The van der Waals surface area contributed by atoms with Gasteiger partial charge in [0, 0.05) is 12.8 Å². The fourth-order valence-corrected chi connectivity index (χ4v) is 11.8. The van der Waals surface area contributed by atoms with Crippen molar-refractivity contribution in [3.05, 3.63) is 12.2 Å². The molecule has 0 aromatic rings. The van der Waals surface area contributed by atoms with Crippen LogP contribution in [0.3, 0.4) is 0 Å². The predicted molar refractivity (Wildman–Crippen MR) is 347 cm³/mol. The molecule has 0 heterocycles. The molecule has 2 atom stereocenters. The highest BCUT2D eigenvalue weighted by molar-refractivity contribution is 5.76. The molecule has 2 unspecified atom stereocenters. The van der Waals surface area contributed by atoms with Gasteiger partial charge in [-0.3, -0.25) is 9.59 Å². The van der Waals surface area contributed by atoms with Crippen LogP contribution in [-0.2, 0) is 14.3 Å². The summed E-state index contributed by atoms with van der Waals surface area (Å²) in [5.41, 5.74) is 0. The van der Waals surface area contributed by atoms with Gasteiger partial charge in [0.15, 0.2) is 0 Å². The van der Waals surface area contributed by atoms with Gasteiger partial charge in [0.1, 0.15) is 0 Å². The molecular formula is C73H143NO5. The summed E-state index contributed by atoms with van der Waals surface area (Å²) < 4.78 is 5.50. The molecule has 470 valence electrons. The molecule has 0 aliphatic carbocycles. The van der Waals surface area contributed by atoms with E-state index in [2.05, 4.69) is 19.2 Å². The summed E-state index contributed by atoms with van der Waals surface area (Å²) in [5, 5.41) is 23.1. The fraction of sp³-hybridized carbons (Fsp3) is 0.945. The largest absolute Gasteiger partial charge is 0.466 e. The Kier molecular flexibility index (Phi) is 67.9. The Balaban J connectivity index is 3.29. The molecule has 6 nitrogen and oxygen atoms in total. The number of hydrogen-bond donors (Lipinski definition) is 3. The Labute approximate surface area is 495 Å². The molecule has 0 saturated heterocycles. The summed E-state index contributed by atoms with van der Waals surface area (Å²) in [6, 6.07) is -0.622. The molecule has 0 saturated carbocycles. The molecule has 1 amide bonds. The summed E-state index contributed by atoms with van der Waals surface area (Å²) in [7, 11) is 0. The highest BCUT2D eigenvalue weighted by atomic mass is 16.5. The highest BCUT2D eigenvalue weighted by Crippen LogP contribution is 2.20. The van der Waals surface area contributed by atoms with Gasteiger partial charge in [-0.05, 0) is 32.1 Å². The average Bonchev–Trinajstić information content (AvgIpc) is 3.45. The molecule has 0 rings (SSSR count). The first-order valence-corrected chi connectivity index (χ1v) is 36.5. The number of aliphatic hydroxyl groups is 2. The Morgan fingerprint density at radius 2 is 0.582 bits per heavy atom. The zero-order chi connectivity index (χ0) is 57.1. The second-order valence-electron chi connectivity index (χ2n) is 25.3. The van der Waals surface area contributed by atoms with Gasteiger partial charge in [-0.25, -0.2) is 0 Å². The number of amides is 1. The van der Waals surface area contributed by atoms with Crippen molar-refractivity contribution >= 4 is 11.9 Å². The van der Waals surface area contributed by atoms with E-state index in [1.807, 2.05) is 6.08 Å². The van der Waals surface area contributed by atoms with E-state index in [4.69, 9.17) is 4.74 Å². The summed E-state index contributed by atoms with van der Waals surface area (Å²) in [4.78, 5) is 24.5. The third-order valence-corrected chi connectivity index (χ3v) is 17.3. The van der Waals surface area contributed by atoms with Crippen LogP contribution in [0, 0.1) is 0 Å². The van der Waals surface area contributed by atoms with Crippen LogP contribution in [-0.4, -0.2) is 47.4 Å². The van der Waals surface area contributed by atoms with E-state index in [1.165, 1.54) is 353 Å². The third-order valence-electron chi connectivity index (χ3n) is 17.3. The Bertz CT molecular complexity index is 1190. The second-order valence-corrected chi connectivity index (χ2v) is 25.3. The minimum Gasteiger partial charge on any atom is -0.466 e. The van der Waals surface area contributed by atoms with Gasteiger partial charge in [0.25, 0.3) is 0 Å². The van der Waals surface area contributed by atoms with E-state index in [0.29, 0.717) is 19.4 Å². The molecule has 0 fully saturated rings. The van der Waals surface area contributed by atoms with Crippen molar-refractivity contribution in [3.8, 4) is 0 Å². The Hall–Kier alpha value is -1.40. The van der Waals surface area contributed by atoms with Crippen LogP contribution < -0.4 is 5.32 Å². The number of rotatable bonds is 69. The van der Waals surface area contributed by atoms with E-state index < -0.39 is 12.1 Å². The maximum absolute atomic E-state index is 12.5. The quantitative estimate of drug-likeness (QED) is 0.0320. The number of allylic oxidation sites excluding steroid dienone is 1. The van der Waals surface area contributed by atoms with Gasteiger partial charge in [0.2, 0.25) is 5.91 Å². The molecular weight excluding hydrogens is 971 g/mol. The first-order chi connectivity index (χ1) is 39.0. The number of nitrogens with one attached hydrogen (secondary N) is 1. The fourth-order valence-electron chi connectivity index (χ4n) is 11.8. The van der Waals surface area contributed by atoms with E-state index in [9.17, 15) is 19.8 Å². The molecule has 0 radical (unpaired) electrons. The van der Waals surface area contributed by atoms with Gasteiger partial charge in [0.05, 0.1) is 25.4 Å². The van der Waals surface area contributed by atoms with Crippen LogP contribution in [0.1, 0.15) is 418 Å². The van der Waals surface area contributed by atoms with Gasteiger partial charge in [-0.2, -0.15) is 0 Å². The first kappa shape index (κ1) is 77.6. The lowest BCUT2D eigenvalue weighted by Gasteiger charge is -2.20. The molecule has 0 aliphatic rings. The van der Waals surface area contributed by atoms with E-state index >= 15 is 0 Å². The number of unbranched alkanes of at least 4 members (excludes halogenated alkanes) is 58. The van der Waals surface area contributed by atoms with Crippen LogP contribution in [0.2, 0.25) is 0 Å². The van der Waals surface area contributed by atoms with Crippen molar-refractivity contribution in [3.63, 3.8) is 0 Å². The van der Waals surface area contributed by atoms with Crippen molar-refractivity contribution in [2.75, 3.05) is 13.2 Å². The lowest BCUT2D eigenvalue weighted by atomic mass is 10.0. The number of hydrogen-bond acceptors (Lipinski definition) is 5. The van der Waals surface area contributed by atoms with E-state index in [-0.39, 0.29) is 18.5 Å². The predicted octanol–water partition coefficient (Wildman–Crippen LogP) is 23.5. The van der Waals surface area contributed by atoms with Crippen LogP contribution >= 0.6 is 0 Å². The first-order valence-electron chi connectivity index (χ1n) is 36.5. The van der Waals surface area contributed by atoms with E-state index in [0.717, 1.165) is 38.5 Å². The van der Waals surface area contributed by atoms with Gasteiger partial charge in [-0.1, -0.05) is 386 Å². The smallest absolute Gasteiger partial charge is 0.305 e. The third kappa shape index (κ3) is 65.6. The van der Waals surface area contributed by atoms with Gasteiger partial charge in [-0.15, -0.1) is 0 Å².